The molecule has 0 spiro atoms. The Balaban J connectivity index is 2.46. The molecule has 0 aliphatic heterocycles. The van der Waals surface area contributed by atoms with E-state index in [1.54, 1.807) is 0 Å². The van der Waals surface area contributed by atoms with Crippen molar-refractivity contribution in [1.29, 1.82) is 0 Å². The molecule has 25 heavy (non-hydrogen) atoms. The van der Waals surface area contributed by atoms with Crippen molar-refractivity contribution in [2.24, 2.45) is 0 Å². The monoisotopic (exact) mass is 388 g/mol. The number of hydrogen-bond donors (Lipinski definition) is 5. The molecule has 134 valence electrons. The van der Waals surface area contributed by atoms with Crippen LogP contribution in [0.25, 0.3) is 0 Å². The number of nitrogens with one attached hydrogen (secondary N) is 2. The highest BCUT2D eigenvalue weighted by molar-refractivity contribution is 7.86. The number of hydrogen-bond acceptors (Lipinski definition) is 7. The number of aromatic carboxylic acids is 1. The molecule has 0 bridgehead atoms. The summed E-state index contributed by atoms with van der Waals surface area (Å²) < 4.78 is 63.4. The van der Waals surface area contributed by atoms with Gasteiger partial charge >= 0.3 is 5.97 Å². The first kappa shape index (κ1) is 18.7. The third-order valence-corrected chi connectivity index (χ3v) is 4.78. The van der Waals surface area contributed by atoms with E-state index in [0.29, 0.717) is 0 Å². The van der Waals surface area contributed by atoms with E-state index in [4.69, 9.17) is 9.66 Å². The molecule has 0 radical (unpaired) electrons. The Morgan fingerprint density at radius 1 is 0.840 bits per heavy atom. The number of anilines is 2. The van der Waals surface area contributed by atoms with E-state index in [-0.39, 0.29) is 11.3 Å². The van der Waals surface area contributed by atoms with E-state index in [2.05, 4.69) is 10.9 Å². The van der Waals surface area contributed by atoms with E-state index in [9.17, 15) is 26.2 Å². The van der Waals surface area contributed by atoms with Crippen molar-refractivity contribution in [2.45, 2.75) is 9.79 Å². The number of carbonyl (C=O) groups is 1. The molecule has 2 aromatic carbocycles. The summed E-state index contributed by atoms with van der Waals surface area (Å²) in [6.07, 6.45) is 0. The van der Waals surface area contributed by atoms with Gasteiger partial charge in [-0.1, -0.05) is 12.1 Å². The summed E-state index contributed by atoms with van der Waals surface area (Å²) >= 11 is 0. The molecular formula is C13H12N2O8S2. The number of benzene rings is 2. The molecule has 0 aliphatic carbocycles. The van der Waals surface area contributed by atoms with Gasteiger partial charge in [0.25, 0.3) is 20.2 Å². The van der Waals surface area contributed by atoms with Gasteiger partial charge in [0.2, 0.25) is 0 Å². The second kappa shape index (κ2) is 6.68. The van der Waals surface area contributed by atoms with Crippen LogP contribution >= 0.6 is 0 Å². The minimum absolute atomic E-state index is 0.0496. The Hall–Kier alpha value is -2.67. The summed E-state index contributed by atoms with van der Waals surface area (Å²) in [5, 5.41) is 9.08. The number of carboxylic acid groups (broad SMARTS) is 1. The fourth-order valence-corrected chi connectivity index (χ4v) is 3.04. The van der Waals surface area contributed by atoms with Gasteiger partial charge in [-0.15, -0.1) is 0 Å². The van der Waals surface area contributed by atoms with Gasteiger partial charge in [-0.3, -0.25) is 20.0 Å². The first-order valence-electron chi connectivity index (χ1n) is 6.43. The molecule has 0 aliphatic rings. The van der Waals surface area contributed by atoms with Gasteiger partial charge in [0.1, 0.15) is 4.90 Å². The van der Waals surface area contributed by atoms with Crippen LogP contribution in [0.3, 0.4) is 0 Å². The Morgan fingerprint density at radius 2 is 1.44 bits per heavy atom. The molecule has 0 aromatic heterocycles. The zero-order valence-corrected chi connectivity index (χ0v) is 13.9. The van der Waals surface area contributed by atoms with Crippen LogP contribution in [0.4, 0.5) is 11.4 Å². The zero-order chi connectivity index (χ0) is 18.8. The molecule has 0 fully saturated rings. The lowest BCUT2D eigenvalue weighted by atomic mass is 10.2. The van der Waals surface area contributed by atoms with Crippen molar-refractivity contribution < 1.29 is 35.8 Å². The second-order valence-corrected chi connectivity index (χ2v) is 7.52. The van der Waals surface area contributed by atoms with Gasteiger partial charge < -0.3 is 5.11 Å². The van der Waals surface area contributed by atoms with E-state index >= 15 is 0 Å². The Labute approximate surface area is 142 Å². The van der Waals surface area contributed by atoms with Crippen LogP contribution < -0.4 is 10.9 Å². The molecule has 0 saturated heterocycles. The summed E-state index contributed by atoms with van der Waals surface area (Å²) in [5.74, 6) is -1.26. The van der Waals surface area contributed by atoms with Crippen molar-refractivity contribution in [2.75, 3.05) is 10.9 Å². The third-order valence-electron chi connectivity index (χ3n) is 3.02. The Kier molecular flexibility index (Phi) is 4.99. The predicted octanol–water partition coefficient (Wildman–Crippen LogP) is 1.32. The molecule has 2 aromatic rings. The van der Waals surface area contributed by atoms with Crippen LogP contribution in [0.5, 0.6) is 0 Å². The zero-order valence-electron chi connectivity index (χ0n) is 12.2. The van der Waals surface area contributed by atoms with Crippen molar-refractivity contribution in [3.05, 3.63) is 48.0 Å². The average molecular weight is 388 g/mol. The maximum atomic E-state index is 11.4. The van der Waals surface area contributed by atoms with Crippen LogP contribution in [0.1, 0.15) is 10.4 Å². The fourth-order valence-electron chi connectivity index (χ4n) is 1.91. The lowest BCUT2D eigenvalue weighted by Gasteiger charge is -2.14. The number of carboxylic acids is 1. The Bertz CT molecular complexity index is 1030. The smallest absolute Gasteiger partial charge is 0.337 e. The highest BCUT2D eigenvalue weighted by Crippen LogP contribution is 2.25. The van der Waals surface area contributed by atoms with E-state index in [0.717, 1.165) is 18.2 Å². The van der Waals surface area contributed by atoms with E-state index < -0.39 is 41.7 Å². The molecule has 0 saturated carbocycles. The first-order chi connectivity index (χ1) is 11.5. The van der Waals surface area contributed by atoms with Gasteiger partial charge in [0, 0.05) is 0 Å². The summed E-state index contributed by atoms with van der Waals surface area (Å²) in [7, 11) is -9.35. The lowest BCUT2D eigenvalue weighted by molar-refractivity contribution is 0.0698. The predicted molar refractivity (Wildman–Crippen MR) is 86.7 cm³/mol. The van der Waals surface area contributed by atoms with Crippen LogP contribution in [0.15, 0.2) is 52.3 Å². The highest BCUT2D eigenvalue weighted by Gasteiger charge is 2.20. The number of rotatable bonds is 6. The maximum absolute atomic E-state index is 11.4. The van der Waals surface area contributed by atoms with Crippen molar-refractivity contribution >= 4 is 37.6 Å². The van der Waals surface area contributed by atoms with Crippen LogP contribution in [-0.2, 0) is 20.2 Å². The molecule has 5 N–H and O–H groups in total. The van der Waals surface area contributed by atoms with Crippen molar-refractivity contribution in [3.8, 4) is 0 Å². The third kappa shape index (κ3) is 4.45. The van der Waals surface area contributed by atoms with Gasteiger partial charge in [-0.2, -0.15) is 16.8 Å². The highest BCUT2D eigenvalue weighted by atomic mass is 32.2. The quantitative estimate of drug-likeness (QED) is 0.359. The largest absolute Gasteiger partial charge is 0.478 e. The fraction of sp³-hybridized carbons (Fsp3) is 0. The first-order valence-corrected chi connectivity index (χ1v) is 9.31. The minimum Gasteiger partial charge on any atom is -0.478 e. The molecule has 0 atom stereocenters. The van der Waals surface area contributed by atoms with Gasteiger partial charge in [0.05, 0.1) is 21.8 Å². The average Bonchev–Trinajstić information content (AvgIpc) is 2.51. The molecule has 0 amide bonds. The van der Waals surface area contributed by atoms with Crippen molar-refractivity contribution in [1.82, 2.24) is 0 Å². The van der Waals surface area contributed by atoms with Gasteiger partial charge in [-0.25, -0.2) is 4.79 Å². The van der Waals surface area contributed by atoms with Crippen LogP contribution in [0.2, 0.25) is 0 Å². The standard InChI is InChI=1S/C13H12N2O8S2/c16-13(17)9-3-1-2-4-10(9)14-15-11-7-8(24(18,19)20)5-6-12(11)25(21,22)23/h1-7,14-15H,(H,16,17)(H,18,19,20)(H,21,22,23). The molecule has 2 rings (SSSR count). The molecular weight excluding hydrogens is 376 g/mol. The SMILES string of the molecule is O=C(O)c1ccccc1NNc1cc(S(=O)(=O)O)ccc1S(=O)(=O)O. The summed E-state index contributed by atoms with van der Waals surface area (Å²) in [4.78, 5) is 9.82. The van der Waals surface area contributed by atoms with Gasteiger partial charge in [-0.05, 0) is 30.3 Å². The number of para-hydroxylation sites is 1. The van der Waals surface area contributed by atoms with Crippen LogP contribution in [0, 0.1) is 0 Å². The Morgan fingerprint density at radius 3 is 2.00 bits per heavy atom. The topological polar surface area (TPSA) is 170 Å². The molecule has 0 heterocycles. The number of hydrazine groups is 1. The maximum Gasteiger partial charge on any atom is 0.337 e. The van der Waals surface area contributed by atoms with Crippen molar-refractivity contribution in [3.63, 3.8) is 0 Å². The normalized spacial score (nSPS) is 11.8. The summed E-state index contributed by atoms with van der Waals surface area (Å²) in [6, 6.07) is 7.95. The molecule has 10 nitrogen and oxygen atoms in total. The van der Waals surface area contributed by atoms with E-state index in [1.807, 2.05) is 0 Å². The minimum atomic E-state index is -4.72. The lowest BCUT2D eigenvalue weighted by Crippen LogP contribution is -2.15. The molecule has 0 unspecified atom stereocenters. The summed E-state index contributed by atoms with van der Waals surface area (Å²) in [6.45, 7) is 0. The summed E-state index contributed by atoms with van der Waals surface area (Å²) in [5.41, 5.74) is 4.22. The van der Waals surface area contributed by atoms with Gasteiger partial charge in [0.15, 0.2) is 0 Å². The molecule has 12 heteroatoms. The second-order valence-electron chi connectivity index (χ2n) is 4.71. The van der Waals surface area contributed by atoms with Crippen LogP contribution in [-0.4, -0.2) is 37.0 Å². The van der Waals surface area contributed by atoms with E-state index in [1.165, 1.54) is 24.3 Å².